The van der Waals surface area contributed by atoms with Crippen molar-refractivity contribution in [3.8, 4) is 0 Å². The molecule has 2 rings (SSSR count). The highest BCUT2D eigenvalue weighted by atomic mass is 35.5. The third-order valence-electron chi connectivity index (χ3n) is 3.28. The molecule has 1 nitrogen and oxygen atoms in total. The first kappa shape index (κ1) is 10.2. The molecule has 2 aliphatic rings. The summed E-state index contributed by atoms with van der Waals surface area (Å²) in [5, 5.41) is 3.07. The second kappa shape index (κ2) is 3.46. The predicted octanol–water partition coefficient (Wildman–Crippen LogP) is 2.06. The summed E-state index contributed by atoms with van der Waals surface area (Å²) < 4.78 is 24.8. The zero-order valence-electron chi connectivity index (χ0n) is 6.85. The smallest absolute Gasteiger partial charge is 0.243 e. The van der Waals surface area contributed by atoms with Crippen LogP contribution in [0.3, 0.4) is 0 Å². The summed E-state index contributed by atoms with van der Waals surface area (Å²) in [5.41, 5.74) is -0.00579. The van der Waals surface area contributed by atoms with Crippen molar-refractivity contribution in [1.29, 1.82) is 0 Å². The first-order valence-electron chi connectivity index (χ1n) is 4.23. The molecule has 0 bridgehead atoms. The van der Waals surface area contributed by atoms with E-state index in [0.717, 1.165) is 25.8 Å². The molecule has 2 fully saturated rings. The minimum absolute atomic E-state index is 0. The van der Waals surface area contributed by atoms with Gasteiger partial charge in [0.1, 0.15) is 0 Å². The lowest BCUT2D eigenvalue weighted by Gasteiger charge is -2.42. The Morgan fingerprint density at radius 1 is 1.33 bits per heavy atom. The van der Waals surface area contributed by atoms with Gasteiger partial charge in [-0.25, -0.2) is 8.78 Å². The highest BCUT2D eigenvalue weighted by molar-refractivity contribution is 5.85. The largest absolute Gasteiger partial charge is 0.316 e. The average molecular weight is 198 g/mol. The molecule has 4 heteroatoms. The standard InChI is InChI=1S/C8H13F2N.ClH/c9-7(10)6-4-11-5-8(6)2-1-3-8;/h6-7,11H,1-5H2;1H. The minimum atomic E-state index is -2.12. The van der Waals surface area contributed by atoms with Crippen molar-refractivity contribution in [2.75, 3.05) is 13.1 Å². The highest BCUT2D eigenvalue weighted by Crippen LogP contribution is 2.50. The van der Waals surface area contributed by atoms with Crippen LogP contribution in [0.5, 0.6) is 0 Å². The van der Waals surface area contributed by atoms with Gasteiger partial charge in [-0.1, -0.05) is 6.42 Å². The summed E-state index contributed by atoms with van der Waals surface area (Å²) in [6.45, 7) is 1.35. The minimum Gasteiger partial charge on any atom is -0.316 e. The van der Waals surface area contributed by atoms with Crippen molar-refractivity contribution < 1.29 is 8.78 Å². The quantitative estimate of drug-likeness (QED) is 0.679. The molecule has 0 aromatic carbocycles. The molecule has 0 aromatic rings. The fourth-order valence-electron chi connectivity index (χ4n) is 2.36. The number of halogens is 3. The van der Waals surface area contributed by atoms with E-state index in [9.17, 15) is 8.78 Å². The third-order valence-corrected chi connectivity index (χ3v) is 3.28. The zero-order chi connectivity index (χ0) is 7.90. The molecule has 1 aliphatic carbocycles. The molecule has 1 spiro atoms. The second-order valence-electron chi connectivity index (χ2n) is 3.79. The van der Waals surface area contributed by atoms with Crippen LogP contribution in [0.25, 0.3) is 0 Å². The normalized spacial score (nSPS) is 31.8. The van der Waals surface area contributed by atoms with Crippen LogP contribution >= 0.6 is 12.4 Å². The fraction of sp³-hybridized carbons (Fsp3) is 1.00. The molecule has 1 unspecified atom stereocenters. The van der Waals surface area contributed by atoms with Crippen molar-refractivity contribution in [1.82, 2.24) is 5.32 Å². The maximum atomic E-state index is 12.4. The molecule has 1 aliphatic heterocycles. The Morgan fingerprint density at radius 2 is 2.00 bits per heavy atom. The summed E-state index contributed by atoms with van der Waals surface area (Å²) in [7, 11) is 0. The van der Waals surface area contributed by atoms with E-state index in [2.05, 4.69) is 5.32 Å². The van der Waals surface area contributed by atoms with Crippen LogP contribution in [-0.2, 0) is 0 Å². The van der Waals surface area contributed by atoms with Gasteiger partial charge in [0.2, 0.25) is 6.43 Å². The Balaban J connectivity index is 0.000000720. The van der Waals surface area contributed by atoms with Crippen LogP contribution in [-0.4, -0.2) is 19.5 Å². The van der Waals surface area contributed by atoms with E-state index >= 15 is 0 Å². The van der Waals surface area contributed by atoms with E-state index in [0.29, 0.717) is 6.54 Å². The summed E-state index contributed by atoms with van der Waals surface area (Å²) >= 11 is 0. The van der Waals surface area contributed by atoms with Gasteiger partial charge in [-0.2, -0.15) is 0 Å². The van der Waals surface area contributed by atoms with Crippen LogP contribution in [0, 0.1) is 11.3 Å². The predicted molar refractivity (Wildman–Crippen MR) is 45.9 cm³/mol. The lowest BCUT2D eigenvalue weighted by Crippen LogP contribution is -2.40. The number of hydrogen-bond donors (Lipinski definition) is 1. The van der Waals surface area contributed by atoms with Gasteiger partial charge in [0.15, 0.2) is 0 Å². The van der Waals surface area contributed by atoms with E-state index in [1.165, 1.54) is 0 Å². The summed E-state index contributed by atoms with van der Waals surface area (Å²) in [6.07, 6.45) is 1.04. The molecular weight excluding hydrogens is 184 g/mol. The number of alkyl halides is 2. The molecule has 0 amide bonds. The molecule has 1 N–H and O–H groups in total. The van der Waals surface area contributed by atoms with Gasteiger partial charge in [-0.05, 0) is 18.3 Å². The van der Waals surface area contributed by atoms with Crippen LogP contribution in [0.4, 0.5) is 8.78 Å². The molecule has 72 valence electrons. The Kier molecular flexibility index (Phi) is 2.94. The van der Waals surface area contributed by atoms with E-state index < -0.39 is 6.43 Å². The van der Waals surface area contributed by atoms with Crippen molar-refractivity contribution in [3.63, 3.8) is 0 Å². The Labute approximate surface area is 77.3 Å². The van der Waals surface area contributed by atoms with Crippen LogP contribution in [0.2, 0.25) is 0 Å². The maximum Gasteiger partial charge on any atom is 0.243 e. The van der Waals surface area contributed by atoms with Gasteiger partial charge in [0.25, 0.3) is 0 Å². The van der Waals surface area contributed by atoms with E-state index in [1.807, 2.05) is 0 Å². The summed E-state index contributed by atoms with van der Waals surface area (Å²) in [5.74, 6) is -0.365. The molecule has 1 saturated carbocycles. The lowest BCUT2D eigenvalue weighted by molar-refractivity contribution is -0.0182. The van der Waals surface area contributed by atoms with Crippen molar-refractivity contribution >= 4 is 12.4 Å². The van der Waals surface area contributed by atoms with E-state index in [-0.39, 0.29) is 23.7 Å². The molecule has 1 atom stereocenters. The van der Waals surface area contributed by atoms with Crippen molar-refractivity contribution in [2.24, 2.45) is 11.3 Å². The Hall–Kier alpha value is 0.110. The van der Waals surface area contributed by atoms with Gasteiger partial charge < -0.3 is 5.32 Å². The first-order valence-corrected chi connectivity index (χ1v) is 4.23. The monoisotopic (exact) mass is 197 g/mol. The zero-order valence-corrected chi connectivity index (χ0v) is 7.67. The van der Waals surface area contributed by atoms with Crippen LogP contribution in [0.15, 0.2) is 0 Å². The number of rotatable bonds is 1. The van der Waals surface area contributed by atoms with Crippen LogP contribution < -0.4 is 5.32 Å². The van der Waals surface area contributed by atoms with Gasteiger partial charge >= 0.3 is 0 Å². The average Bonchev–Trinajstić information content (AvgIpc) is 2.27. The Bertz CT molecular complexity index is 159. The van der Waals surface area contributed by atoms with Gasteiger partial charge in [0.05, 0.1) is 0 Å². The van der Waals surface area contributed by atoms with Crippen molar-refractivity contribution in [2.45, 2.75) is 25.7 Å². The Morgan fingerprint density at radius 3 is 2.33 bits per heavy atom. The van der Waals surface area contributed by atoms with Gasteiger partial charge in [-0.3, -0.25) is 0 Å². The third kappa shape index (κ3) is 1.33. The van der Waals surface area contributed by atoms with E-state index in [1.54, 1.807) is 0 Å². The second-order valence-corrected chi connectivity index (χ2v) is 3.79. The molecule has 1 heterocycles. The summed E-state index contributed by atoms with van der Waals surface area (Å²) in [4.78, 5) is 0. The van der Waals surface area contributed by atoms with Crippen LogP contribution in [0.1, 0.15) is 19.3 Å². The SMILES string of the molecule is Cl.FC(F)C1CNCC12CCC2. The molecular formula is C8H14ClF2N. The number of hydrogen-bond acceptors (Lipinski definition) is 1. The molecule has 12 heavy (non-hydrogen) atoms. The lowest BCUT2D eigenvalue weighted by atomic mass is 9.63. The van der Waals surface area contributed by atoms with Gasteiger partial charge in [-0.15, -0.1) is 12.4 Å². The topological polar surface area (TPSA) is 12.0 Å². The fourth-order valence-corrected chi connectivity index (χ4v) is 2.36. The highest BCUT2D eigenvalue weighted by Gasteiger charge is 2.50. The molecule has 0 radical (unpaired) electrons. The van der Waals surface area contributed by atoms with Gasteiger partial charge in [0, 0.05) is 19.0 Å². The first-order chi connectivity index (χ1) is 5.25. The van der Waals surface area contributed by atoms with E-state index in [4.69, 9.17) is 0 Å². The van der Waals surface area contributed by atoms with Crippen molar-refractivity contribution in [3.05, 3.63) is 0 Å². The maximum absolute atomic E-state index is 12.4. The number of nitrogens with one attached hydrogen (secondary N) is 1. The molecule has 0 aromatic heterocycles. The molecule has 1 saturated heterocycles. The summed E-state index contributed by atoms with van der Waals surface area (Å²) in [6, 6.07) is 0.